The molecule has 0 aromatic rings. The quantitative estimate of drug-likeness (QED) is 0.733. The number of hydrogen-bond acceptors (Lipinski definition) is 2. The lowest BCUT2D eigenvalue weighted by Gasteiger charge is -2.37. The molecule has 0 bridgehead atoms. The molecule has 1 atom stereocenters. The summed E-state index contributed by atoms with van der Waals surface area (Å²) in [5.74, 6) is 0. The molecule has 2 nitrogen and oxygen atoms in total. The van der Waals surface area contributed by atoms with Gasteiger partial charge in [-0.05, 0) is 51.2 Å². The van der Waals surface area contributed by atoms with Gasteiger partial charge >= 0.3 is 0 Å². The average molecular weight is 198 g/mol. The van der Waals surface area contributed by atoms with Gasteiger partial charge in [-0.1, -0.05) is 20.8 Å². The highest BCUT2D eigenvalue weighted by Gasteiger charge is 2.25. The first-order chi connectivity index (χ1) is 6.59. The van der Waals surface area contributed by atoms with Gasteiger partial charge in [-0.25, -0.2) is 0 Å². The van der Waals surface area contributed by atoms with Gasteiger partial charge in [-0.2, -0.15) is 0 Å². The second kappa shape index (κ2) is 5.13. The van der Waals surface area contributed by atoms with Gasteiger partial charge < -0.3 is 5.32 Å². The highest BCUT2D eigenvalue weighted by Crippen LogP contribution is 2.31. The Bertz CT molecular complexity index is 166. The number of likely N-dealkylation sites (tertiary alicyclic amines) is 1. The molecule has 1 N–H and O–H groups in total. The Balaban J connectivity index is 2.54. The summed E-state index contributed by atoms with van der Waals surface area (Å²) in [6.45, 7) is 9.50. The van der Waals surface area contributed by atoms with Crippen molar-refractivity contribution in [2.45, 2.75) is 52.6 Å². The van der Waals surface area contributed by atoms with Crippen molar-refractivity contribution in [1.29, 1.82) is 0 Å². The van der Waals surface area contributed by atoms with Crippen molar-refractivity contribution in [3.05, 3.63) is 0 Å². The van der Waals surface area contributed by atoms with Crippen LogP contribution in [0.4, 0.5) is 0 Å². The maximum Gasteiger partial charge on any atom is 0.0594 e. The smallest absolute Gasteiger partial charge is 0.0594 e. The van der Waals surface area contributed by atoms with Crippen LogP contribution in [0.1, 0.15) is 46.5 Å². The van der Waals surface area contributed by atoms with Crippen LogP contribution in [-0.4, -0.2) is 31.2 Å². The van der Waals surface area contributed by atoms with Crippen molar-refractivity contribution in [3.63, 3.8) is 0 Å². The summed E-state index contributed by atoms with van der Waals surface area (Å²) in [5.41, 5.74) is 0.551. The molecule has 1 aliphatic rings. The zero-order chi connectivity index (χ0) is 10.6. The van der Waals surface area contributed by atoms with Crippen molar-refractivity contribution in [2.75, 3.05) is 20.1 Å². The SMILES string of the molecule is CCN1CCCC(C)(C)CCC1NC. The normalized spacial score (nSPS) is 29.6. The highest BCUT2D eigenvalue weighted by atomic mass is 15.3. The maximum absolute atomic E-state index is 3.44. The standard InChI is InChI=1S/C12H26N2/c1-5-14-10-6-8-12(2,3)9-7-11(14)13-4/h11,13H,5-10H2,1-4H3. The molecule has 1 rings (SSSR count). The van der Waals surface area contributed by atoms with Crippen molar-refractivity contribution >= 4 is 0 Å². The summed E-state index contributed by atoms with van der Waals surface area (Å²) in [4.78, 5) is 2.56. The third kappa shape index (κ3) is 3.25. The van der Waals surface area contributed by atoms with Crippen molar-refractivity contribution in [3.8, 4) is 0 Å². The van der Waals surface area contributed by atoms with Gasteiger partial charge in [0.15, 0.2) is 0 Å². The number of hydrogen-bond donors (Lipinski definition) is 1. The van der Waals surface area contributed by atoms with E-state index in [0.717, 1.165) is 0 Å². The molecule has 0 aromatic heterocycles. The molecule has 0 saturated carbocycles. The van der Waals surface area contributed by atoms with E-state index in [2.05, 4.69) is 38.0 Å². The molecular weight excluding hydrogens is 172 g/mol. The van der Waals surface area contributed by atoms with E-state index in [9.17, 15) is 0 Å². The lowest BCUT2D eigenvalue weighted by Crippen LogP contribution is -2.46. The molecule has 0 aromatic carbocycles. The predicted octanol–water partition coefficient (Wildman–Crippen LogP) is 2.45. The van der Waals surface area contributed by atoms with Crippen LogP contribution in [0.25, 0.3) is 0 Å². The van der Waals surface area contributed by atoms with Crippen LogP contribution in [-0.2, 0) is 0 Å². The highest BCUT2D eigenvalue weighted by molar-refractivity contribution is 4.78. The summed E-state index contributed by atoms with van der Waals surface area (Å²) in [7, 11) is 2.09. The first kappa shape index (κ1) is 12.0. The van der Waals surface area contributed by atoms with E-state index in [4.69, 9.17) is 0 Å². The molecule has 0 radical (unpaired) electrons. The molecule has 14 heavy (non-hydrogen) atoms. The molecule has 1 fully saturated rings. The van der Waals surface area contributed by atoms with Crippen molar-refractivity contribution in [2.24, 2.45) is 5.41 Å². The Labute approximate surface area is 89.1 Å². The second-order valence-electron chi connectivity index (χ2n) is 5.24. The topological polar surface area (TPSA) is 15.3 Å². The van der Waals surface area contributed by atoms with E-state index >= 15 is 0 Å². The van der Waals surface area contributed by atoms with Gasteiger partial charge in [0.1, 0.15) is 0 Å². The number of nitrogens with one attached hydrogen (secondary N) is 1. The molecule has 1 saturated heterocycles. The van der Waals surface area contributed by atoms with Crippen molar-refractivity contribution < 1.29 is 0 Å². The number of nitrogens with zero attached hydrogens (tertiary/aromatic N) is 1. The van der Waals surface area contributed by atoms with E-state index in [1.165, 1.54) is 38.8 Å². The molecule has 2 heteroatoms. The monoisotopic (exact) mass is 198 g/mol. The van der Waals surface area contributed by atoms with E-state index in [1.807, 2.05) is 0 Å². The predicted molar refractivity (Wildman–Crippen MR) is 62.3 cm³/mol. The van der Waals surface area contributed by atoms with E-state index in [0.29, 0.717) is 11.6 Å². The van der Waals surface area contributed by atoms with E-state index in [-0.39, 0.29) is 0 Å². The minimum atomic E-state index is 0.551. The van der Waals surface area contributed by atoms with Crippen molar-refractivity contribution in [1.82, 2.24) is 10.2 Å². The van der Waals surface area contributed by atoms with Crippen LogP contribution in [0.15, 0.2) is 0 Å². The van der Waals surface area contributed by atoms with Gasteiger partial charge in [0.05, 0.1) is 6.17 Å². The molecular formula is C12H26N2. The van der Waals surface area contributed by atoms with E-state index < -0.39 is 0 Å². The zero-order valence-corrected chi connectivity index (χ0v) is 10.3. The van der Waals surface area contributed by atoms with E-state index in [1.54, 1.807) is 0 Å². The fourth-order valence-corrected chi connectivity index (χ4v) is 2.46. The Hall–Kier alpha value is -0.0800. The lowest BCUT2D eigenvalue weighted by atomic mass is 9.81. The zero-order valence-electron chi connectivity index (χ0n) is 10.3. The van der Waals surface area contributed by atoms with Crippen LogP contribution < -0.4 is 5.32 Å². The third-order valence-electron chi connectivity index (χ3n) is 3.57. The van der Waals surface area contributed by atoms with Gasteiger partial charge in [0.25, 0.3) is 0 Å². The lowest BCUT2D eigenvalue weighted by molar-refractivity contribution is 0.117. The first-order valence-electron chi connectivity index (χ1n) is 6.00. The minimum Gasteiger partial charge on any atom is -0.305 e. The Morgan fingerprint density at radius 2 is 2.07 bits per heavy atom. The van der Waals surface area contributed by atoms with Crippen LogP contribution in [0.2, 0.25) is 0 Å². The summed E-state index contributed by atoms with van der Waals surface area (Å²) in [6.07, 6.45) is 5.95. The molecule has 1 unspecified atom stereocenters. The Kier molecular flexibility index (Phi) is 4.39. The molecule has 1 aliphatic heterocycles. The Morgan fingerprint density at radius 3 is 2.64 bits per heavy atom. The maximum atomic E-state index is 3.44. The van der Waals surface area contributed by atoms with Gasteiger partial charge in [-0.15, -0.1) is 0 Å². The van der Waals surface area contributed by atoms with Crippen LogP contribution in [0, 0.1) is 5.41 Å². The first-order valence-corrected chi connectivity index (χ1v) is 6.00. The summed E-state index contributed by atoms with van der Waals surface area (Å²) in [6, 6.07) is 0. The molecule has 0 aliphatic carbocycles. The van der Waals surface area contributed by atoms with Crippen LogP contribution in [0.3, 0.4) is 0 Å². The fraction of sp³-hybridized carbons (Fsp3) is 1.00. The molecule has 0 amide bonds. The van der Waals surface area contributed by atoms with Gasteiger partial charge in [0.2, 0.25) is 0 Å². The van der Waals surface area contributed by atoms with Gasteiger partial charge in [-0.3, -0.25) is 4.90 Å². The summed E-state index contributed by atoms with van der Waals surface area (Å²) >= 11 is 0. The second-order valence-corrected chi connectivity index (χ2v) is 5.24. The fourth-order valence-electron chi connectivity index (χ4n) is 2.46. The number of rotatable bonds is 2. The Morgan fingerprint density at radius 1 is 1.36 bits per heavy atom. The largest absolute Gasteiger partial charge is 0.305 e. The molecule has 0 spiro atoms. The summed E-state index contributed by atoms with van der Waals surface area (Å²) < 4.78 is 0. The average Bonchev–Trinajstić information content (AvgIpc) is 2.13. The minimum absolute atomic E-state index is 0.551. The van der Waals surface area contributed by atoms with Crippen LogP contribution >= 0.6 is 0 Å². The summed E-state index contributed by atoms with van der Waals surface area (Å²) in [5, 5.41) is 3.44. The van der Waals surface area contributed by atoms with Crippen LogP contribution in [0.5, 0.6) is 0 Å². The van der Waals surface area contributed by atoms with Gasteiger partial charge in [0, 0.05) is 0 Å². The third-order valence-corrected chi connectivity index (χ3v) is 3.57. The molecule has 1 heterocycles. The molecule has 84 valence electrons.